The first kappa shape index (κ1) is 20.7. The molecule has 1 atom stereocenters. The lowest BCUT2D eigenvalue weighted by Crippen LogP contribution is -2.37. The van der Waals surface area contributed by atoms with Crippen molar-refractivity contribution in [1.82, 2.24) is 5.32 Å². The van der Waals surface area contributed by atoms with Gasteiger partial charge in [0.2, 0.25) is 0 Å². The van der Waals surface area contributed by atoms with Crippen LogP contribution in [0.15, 0.2) is 42.5 Å². The van der Waals surface area contributed by atoms with Crippen LogP contribution in [0.2, 0.25) is 0 Å². The van der Waals surface area contributed by atoms with Crippen molar-refractivity contribution in [1.29, 1.82) is 0 Å². The highest BCUT2D eigenvalue weighted by Gasteiger charge is 2.30. The fourth-order valence-corrected chi connectivity index (χ4v) is 3.14. The van der Waals surface area contributed by atoms with E-state index in [-0.39, 0.29) is 12.2 Å². The number of nitrogens with one attached hydrogen (secondary N) is 2. The molecular formula is C20H20F3N3O3. The summed E-state index contributed by atoms with van der Waals surface area (Å²) in [6.45, 7) is 0.685. The molecule has 29 heavy (non-hydrogen) atoms. The Morgan fingerprint density at radius 2 is 1.93 bits per heavy atom. The van der Waals surface area contributed by atoms with Crippen molar-refractivity contribution in [2.24, 2.45) is 0 Å². The first-order chi connectivity index (χ1) is 13.6. The summed E-state index contributed by atoms with van der Waals surface area (Å²) in [5.74, 6) is -2.17. The van der Waals surface area contributed by atoms with Gasteiger partial charge in [-0.2, -0.15) is 13.2 Å². The number of aliphatic hydroxyl groups is 1. The van der Waals surface area contributed by atoms with E-state index in [1.165, 1.54) is 6.07 Å². The molecule has 0 spiro atoms. The van der Waals surface area contributed by atoms with Gasteiger partial charge in [-0.05, 0) is 41.8 Å². The lowest BCUT2D eigenvalue weighted by molar-refractivity contribution is -0.137. The normalized spacial score (nSPS) is 14.3. The van der Waals surface area contributed by atoms with Gasteiger partial charge in [0, 0.05) is 31.5 Å². The van der Waals surface area contributed by atoms with Crippen molar-refractivity contribution in [2.45, 2.75) is 18.7 Å². The van der Waals surface area contributed by atoms with E-state index < -0.39 is 29.7 Å². The molecule has 9 heteroatoms. The molecule has 0 saturated carbocycles. The number of rotatable bonds is 4. The summed E-state index contributed by atoms with van der Waals surface area (Å²) in [5, 5.41) is 14.7. The molecule has 2 aromatic carbocycles. The van der Waals surface area contributed by atoms with Crippen LogP contribution in [0.5, 0.6) is 0 Å². The van der Waals surface area contributed by atoms with Gasteiger partial charge in [-0.25, -0.2) is 0 Å². The van der Waals surface area contributed by atoms with E-state index in [4.69, 9.17) is 0 Å². The second kappa shape index (κ2) is 8.12. The molecule has 6 nitrogen and oxygen atoms in total. The molecule has 0 aliphatic carbocycles. The van der Waals surface area contributed by atoms with Gasteiger partial charge in [-0.1, -0.05) is 18.2 Å². The number of benzene rings is 2. The number of likely N-dealkylation sites (N-methyl/N-ethyl adjacent to an activating group) is 1. The average molecular weight is 407 g/mol. The summed E-state index contributed by atoms with van der Waals surface area (Å²) >= 11 is 0. The Balaban J connectivity index is 1.56. The van der Waals surface area contributed by atoms with Crippen molar-refractivity contribution in [2.75, 3.05) is 30.4 Å². The number of amides is 2. The second-order valence-corrected chi connectivity index (χ2v) is 6.82. The summed E-state index contributed by atoms with van der Waals surface area (Å²) < 4.78 is 38.1. The van der Waals surface area contributed by atoms with Gasteiger partial charge in [0.25, 0.3) is 0 Å². The number of carbonyl (C=O) groups excluding carboxylic acids is 2. The van der Waals surface area contributed by atoms with Crippen LogP contribution in [0.3, 0.4) is 0 Å². The lowest BCUT2D eigenvalue weighted by Gasteiger charge is -2.15. The fraction of sp³-hybridized carbons (Fsp3) is 0.300. The topological polar surface area (TPSA) is 81.7 Å². The van der Waals surface area contributed by atoms with E-state index in [1.807, 2.05) is 19.2 Å². The predicted octanol–water partition coefficient (Wildman–Crippen LogP) is 2.49. The summed E-state index contributed by atoms with van der Waals surface area (Å²) in [6, 6.07) is 9.48. The second-order valence-electron chi connectivity index (χ2n) is 6.82. The number of anilines is 2. The van der Waals surface area contributed by atoms with Crippen LogP contribution in [0.25, 0.3) is 0 Å². The van der Waals surface area contributed by atoms with E-state index in [1.54, 1.807) is 6.07 Å². The Hall–Kier alpha value is -3.07. The van der Waals surface area contributed by atoms with Gasteiger partial charge >= 0.3 is 18.0 Å². The Labute approximate surface area is 165 Å². The van der Waals surface area contributed by atoms with Crippen molar-refractivity contribution < 1.29 is 27.9 Å². The molecule has 0 saturated heterocycles. The standard InChI is InChI=1S/C20H20F3N3O3/c1-26-8-7-12-9-13(5-6-16(12)26)17(27)11-24-18(28)19(29)25-15-4-2-3-14(10-15)20(21,22)23/h2-6,9-10,17,27H,7-8,11H2,1H3,(H,24,28)(H,25,29). The van der Waals surface area contributed by atoms with Gasteiger partial charge in [0.1, 0.15) is 0 Å². The van der Waals surface area contributed by atoms with Gasteiger partial charge in [-0.3, -0.25) is 9.59 Å². The lowest BCUT2D eigenvalue weighted by atomic mass is 10.0. The van der Waals surface area contributed by atoms with Crippen LogP contribution in [0.1, 0.15) is 22.8 Å². The van der Waals surface area contributed by atoms with Crippen LogP contribution in [-0.4, -0.2) is 37.1 Å². The Kier molecular flexibility index (Phi) is 5.78. The van der Waals surface area contributed by atoms with Crippen LogP contribution in [0.4, 0.5) is 24.5 Å². The molecule has 1 aliphatic rings. The first-order valence-electron chi connectivity index (χ1n) is 8.93. The monoisotopic (exact) mass is 407 g/mol. The Bertz CT molecular complexity index is 931. The number of fused-ring (bicyclic) bond motifs is 1. The zero-order valence-electron chi connectivity index (χ0n) is 15.6. The molecule has 0 fully saturated rings. The largest absolute Gasteiger partial charge is 0.416 e. The minimum Gasteiger partial charge on any atom is -0.387 e. The number of alkyl halides is 3. The minimum absolute atomic E-state index is 0.150. The molecule has 154 valence electrons. The van der Waals surface area contributed by atoms with Gasteiger partial charge < -0.3 is 20.6 Å². The third-order valence-corrected chi connectivity index (χ3v) is 4.73. The average Bonchev–Trinajstić information content (AvgIpc) is 3.05. The van der Waals surface area contributed by atoms with E-state index in [0.29, 0.717) is 5.56 Å². The van der Waals surface area contributed by atoms with Crippen LogP contribution in [0, 0.1) is 0 Å². The summed E-state index contributed by atoms with van der Waals surface area (Å²) in [7, 11) is 1.98. The molecule has 1 heterocycles. The Morgan fingerprint density at radius 3 is 2.66 bits per heavy atom. The Morgan fingerprint density at radius 1 is 1.17 bits per heavy atom. The molecule has 0 radical (unpaired) electrons. The van der Waals surface area contributed by atoms with Crippen molar-refractivity contribution in [3.63, 3.8) is 0 Å². The van der Waals surface area contributed by atoms with Crippen LogP contribution < -0.4 is 15.5 Å². The molecular weight excluding hydrogens is 387 g/mol. The predicted molar refractivity (Wildman–Crippen MR) is 101 cm³/mol. The third kappa shape index (κ3) is 4.86. The maximum absolute atomic E-state index is 12.7. The van der Waals surface area contributed by atoms with Gasteiger partial charge in [0.05, 0.1) is 11.7 Å². The smallest absolute Gasteiger partial charge is 0.387 e. The van der Waals surface area contributed by atoms with E-state index in [2.05, 4.69) is 15.5 Å². The zero-order chi connectivity index (χ0) is 21.2. The molecule has 3 rings (SSSR count). The summed E-state index contributed by atoms with van der Waals surface area (Å²) in [4.78, 5) is 26.0. The number of hydrogen-bond acceptors (Lipinski definition) is 4. The molecule has 3 N–H and O–H groups in total. The zero-order valence-corrected chi connectivity index (χ0v) is 15.6. The quantitative estimate of drug-likeness (QED) is 0.681. The molecule has 1 unspecified atom stereocenters. The van der Waals surface area contributed by atoms with Crippen molar-refractivity contribution >= 4 is 23.2 Å². The van der Waals surface area contributed by atoms with Gasteiger partial charge in [-0.15, -0.1) is 0 Å². The number of halogens is 3. The van der Waals surface area contributed by atoms with Crippen molar-refractivity contribution in [3.8, 4) is 0 Å². The summed E-state index contributed by atoms with van der Waals surface area (Å²) in [5.41, 5.74) is 1.71. The number of nitrogens with zero attached hydrogens (tertiary/aromatic N) is 1. The first-order valence-corrected chi connectivity index (χ1v) is 8.93. The highest BCUT2D eigenvalue weighted by atomic mass is 19.4. The maximum atomic E-state index is 12.7. The number of carbonyl (C=O) groups is 2. The SMILES string of the molecule is CN1CCc2cc(C(O)CNC(=O)C(=O)Nc3cccc(C(F)(F)F)c3)ccc21. The minimum atomic E-state index is -4.56. The molecule has 0 bridgehead atoms. The maximum Gasteiger partial charge on any atom is 0.416 e. The third-order valence-electron chi connectivity index (χ3n) is 4.73. The van der Waals surface area contributed by atoms with E-state index in [0.717, 1.165) is 42.4 Å². The van der Waals surface area contributed by atoms with E-state index in [9.17, 15) is 27.9 Å². The molecule has 1 aliphatic heterocycles. The number of hydrogen-bond donors (Lipinski definition) is 3. The fourth-order valence-electron chi connectivity index (χ4n) is 3.14. The molecule has 2 aromatic rings. The van der Waals surface area contributed by atoms with Gasteiger partial charge in [0.15, 0.2) is 0 Å². The molecule has 2 amide bonds. The summed E-state index contributed by atoms with van der Waals surface area (Å²) in [6.07, 6.45) is -4.72. The van der Waals surface area contributed by atoms with Crippen molar-refractivity contribution in [3.05, 3.63) is 59.2 Å². The van der Waals surface area contributed by atoms with Crippen LogP contribution >= 0.6 is 0 Å². The molecule has 0 aromatic heterocycles. The van der Waals surface area contributed by atoms with E-state index >= 15 is 0 Å². The highest BCUT2D eigenvalue weighted by Crippen LogP contribution is 2.31. The number of aliphatic hydroxyl groups excluding tert-OH is 1. The van der Waals surface area contributed by atoms with Crippen LogP contribution in [-0.2, 0) is 22.2 Å². The highest BCUT2D eigenvalue weighted by molar-refractivity contribution is 6.39.